The molecule has 2 nitrogen and oxygen atoms in total. The number of aryl methyl sites for hydroxylation is 2. The van der Waals surface area contributed by atoms with Gasteiger partial charge in [-0.15, -0.1) is 0 Å². The first-order valence-electron chi connectivity index (χ1n) is 5.35. The van der Waals surface area contributed by atoms with Gasteiger partial charge in [0, 0.05) is 0 Å². The van der Waals surface area contributed by atoms with Gasteiger partial charge in [0.05, 0.1) is 0 Å². The highest BCUT2D eigenvalue weighted by molar-refractivity contribution is 6.64. The number of rotatable bonds is 4. The number of carbonyl (C=O) groups excluding carboxylic acids is 1. The first-order valence-corrected chi connectivity index (χ1v) is 5.73. The molecule has 3 heteroatoms. The van der Waals surface area contributed by atoms with Crippen molar-refractivity contribution in [3.05, 3.63) is 29.3 Å². The van der Waals surface area contributed by atoms with E-state index in [0.29, 0.717) is 0 Å². The van der Waals surface area contributed by atoms with Gasteiger partial charge in [-0.3, -0.25) is 4.79 Å². The molecular formula is C13H17ClO2. The molecule has 0 aromatic heterocycles. The van der Waals surface area contributed by atoms with Crippen LogP contribution in [0, 0.1) is 19.8 Å². The summed E-state index contributed by atoms with van der Waals surface area (Å²) in [7, 11) is 0. The van der Waals surface area contributed by atoms with E-state index in [4.69, 9.17) is 16.3 Å². The van der Waals surface area contributed by atoms with Gasteiger partial charge in [0.1, 0.15) is 5.75 Å². The average Bonchev–Trinajstić information content (AvgIpc) is 2.15. The Kier molecular flexibility index (Phi) is 4.36. The van der Waals surface area contributed by atoms with E-state index in [2.05, 4.69) is 0 Å². The summed E-state index contributed by atoms with van der Waals surface area (Å²) >= 11 is 5.51. The first kappa shape index (κ1) is 13.0. The fraction of sp³-hybridized carbons (Fsp3) is 0.462. The van der Waals surface area contributed by atoms with Gasteiger partial charge in [0.2, 0.25) is 0 Å². The number of carbonyl (C=O) groups is 1. The van der Waals surface area contributed by atoms with Crippen LogP contribution in [0.1, 0.15) is 25.0 Å². The van der Waals surface area contributed by atoms with Crippen molar-refractivity contribution in [2.45, 2.75) is 33.8 Å². The third-order valence-corrected chi connectivity index (χ3v) is 2.63. The molecule has 16 heavy (non-hydrogen) atoms. The van der Waals surface area contributed by atoms with Crippen LogP contribution in [-0.4, -0.2) is 11.3 Å². The van der Waals surface area contributed by atoms with Crippen molar-refractivity contribution >= 4 is 16.8 Å². The molecule has 1 aromatic rings. The lowest BCUT2D eigenvalue weighted by atomic mass is 10.1. The van der Waals surface area contributed by atoms with Crippen LogP contribution in [0.4, 0.5) is 0 Å². The molecule has 0 radical (unpaired) electrons. The van der Waals surface area contributed by atoms with Gasteiger partial charge in [-0.2, -0.15) is 0 Å². The Balaban J connectivity index is 2.90. The zero-order chi connectivity index (χ0) is 12.3. The predicted molar refractivity (Wildman–Crippen MR) is 66.0 cm³/mol. The van der Waals surface area contributed by atoms with Crippen LogP contribution in [0.3, 0.4) is 0 Å². The van der Waals surface area contributed by atoms with E-state index < -0.39 is 11.3 Å². The van der Waals surface area contributed by atoms with E-state index in [9.17, 15) is 4.79 Å². The summed E-state index contributed by atoms with van der Waals surface area (Å²) in [6.07, 6.45) is -0.580. The zero-order valence-corrected chi connectivity index (χ0v) is 10.8. The van der Waals surface area contributed by atoms with Gasteiger partial charge in [-0.25, -0.2) is 0 Å². The van der Waals surface area contributed by atoms with Crippen LogP contribution in [0.15, 0.2) is 18.2 Å². The van der Waals surface area contributed by atoms with E-state index in [-0.39, 0.29) is 5.92 Å². The Hall–Kier alpha value is -1.02. The molecule has 0 heterocycles. The number of hydrogen-bond donors (Lipinski definition) is 0. The molecule has 0 saturated heterocycles. The Bertz CT molecular complexity index is 386. The topological polar surface area (TPSA) is 26.3 Å². The van der Waals surface area contributed by atoms with Crippen molar-refractivity contribution in [2.75, 3.05) is 0 Å². The highest BCUT2D eigenvalue weighted by Crippen LogP contribution is 2.22. The smallest absolute Gasteiger partial charge is 0.262 e. The second kappa shape index (κ2) is 5.35. The molecule has 0 saturated carbocycles. The molecule has 0 aliphatic rings. The molecule has 0 aliphatic heterocycles. The summed E-state index contributed by atoms with van der Waals surface area (Å²) in [6, 6.07) is 5.85. The van der Waals surface area contributed by atoms with Crippen molar-refractivity contribution in [3.8, 4) is 5.75 Å². The molecule has 0 amide bonds. The normalized spacial score (nSPS) is 12.6. The lowest BCUT2D eigenvalue weighted by Crippen LogP contribution is -2.29. The van der Waals surface area contributed by atoms with E-state index in [0.717, 1.165) is 11.3 Å². The molecule has 1 aromatic carbocycles. The molecular weight excluding hydrogens is 224 g/mol. The summed E-state index contributed by atoms with van der Waals surface area (Å²) in [6.45, 7) is 7.80. The minimum atomic E-state index is -0.580. The van der Waals surface area contributed by atoms with Crippen LogP contribution >= 0.6 is 11.6 Å². The van der Waals surface area contributed by atoms with Gasteiger partial charge in [-0.1, -0.05) is 31.5 Å². The van der Waals surface area contributed by atoms with E-state index in [1.54, 1.807) is 0 Å². The average molecular weight is 241 g/mol. The van der Waals surface area contributed by atoms with Crippen molar-refractivity contribution < 1.29 is 9.53 Å². The quantitative estimate of drug-likeness (QED) is 0.754. The molecule has 1 rings (SSSR count). The zero-order valence-electron chi connectivity index (χ0n) is 10.1. The number of ether oxygens (including phenoxy) is 1. The third-order valence-electron chi connectivity index (χ3n) is 2.41. The van der Waals surface area contributed by atoms with E-state index in [1.165, 1.54) is 5.56 Å². The summed E-state index contributed by atoms with van der Waals surface area (Å²) in [4.78, 5) is 11.2. The van der Waals surface area contributed by atoms with Gasteiger partial charge in [0.25, 0.3) is 5.24 Å². The first-order chi connectivity index (χ1) is 7.41. The Labute approximate surface area is 102 Å². The van der Waals surface area contributed by atoms with Crippen molar-refractivity contribution in [3.63, 3.8) is 0 Å². The van der Waals surface area contributed by atoms with Crippen LogP contribution in [-0.2, 0) is 4.79 Å². The fourth-order valence-corrected chi connectivity index (χ4v) is 1.81. The van der Waals surface area contributed by atoms with E-state index >= 15 is 0 Å². The van der Waals surface area contributed by atoms with Gasteiger partial charge in [0.15, 0.2) is 6.10 Å². The SMILES string of the molecule is Cc1ccc(OC(C(=O)Cl)C(C)C)c(C)c1. The van der Waals surface area contributed by atoms with Crippen LogP contribution in [0.25, 0.3) is 0 Å². The molecule has 0 aliphatic carbocycles. The Morgan fingerprint density at radius 2 is 1.94 bits per heavy atom. The van der Waals surface area contributed by atoms with Crippen LogP contribution in [0.2, 0.25) is 0 Å². The molecule has 1 unspecified atom stereocenters. The third kappa shape index (κ3) is 3.24. The molecule has 0 spiro atoms. The van der Waals surface area contributed by atoms with Crippen LogP contribution < -0.4 is 4.74 Å². The lowest BCUT2D eigenvalue weighted by Gasteiger charge is -2.20. The number of benzene rings is 1. The number of halogens is 1. The summed E-state index contributed by atoms with van der Waals surface area (Å²) in [5.74, 6) is 0.781. The molecule has 88 valence electrons. The fourth-order valence-electron chi connectivity index (χ4n) is 1.51. The van der Waals surface area contributed by atoms with Crippen molar-refractivity contribution in [2.24, 2.45) is 5.92 Å². The predicted octanol–water partition coefficient (Wildman–Crippen LogP) is 3.47. The summed E-state index contributed by atoms with van der Waals surface area (Å²) in [5.41, 5.74) is 2.19. The summed E-state index contributed by atoms with van der Waals surface area (Å²) in [5, 5.41) is -0.449. The largest absolute Gasteiger partial charge is 0.481 e. The van der Waals surface area contributed by atoms with Gasteiger partial charge in [-0.05, 0) is 43.0 Å². The Morgan fingerprint density at radius 3 is 2.38 bits per heavy atom. The van der Waals surface area contributed by atoms with Crippen molar-refractivity contribution in [1.82, 2.24) is 0 Å². The van der Waals surface area contributed by atoms with Gasteiger partial charge < -0.3 is 4.74 Å². The maximum atomic E-state index is 11.2. The minimum Gasteiger partial charge on any atom is -0.481 e. The molecule has 0 fully saturated rings. The van der Waals surface area contributed by atoms with Crippen LogP contribution in [0.5, 0.6) is 5.75 Å². The highest BCUT2D eigenvalue weighted by atomic mass is 35.5. The molecule has 0 bridgehead atoms. The standard InChI is InChI=1S/C13H17ClO2/c1-8(2)12(13(14)15)16-11-6-5-9(3)7-10(11)4/h5-8,12H,1-4H3. The lowest BCUT2D eigenvalue weighted by molar-refractivity contribution is -0.119. The monoisotopic (exact) mass is 240 g/mol. The maximum Gasteiger partial charge on any atom is 0.262 e. The van der Waals surface area contributed by atoms with Crippen molar-refractivity contribution in [1.29, 1.82) is 0 Å². The molecule has 1 atom stereocenters. The van der Waals surface area contributed by atoms with Gasteiger partial charge >= 0.3 is 0 Å². The maximum absolute atomic E-state index is 11.2. The highest BCUT2D eigenvalue weighted by Gasteiger charge is 2.22. The second-order valence-corrected chi connectivity index (χ2v) is 4.73. The molecule has 0 N–H and O–H groups in total. The van der Waals surface area contributed by atoms with E-state index in [1.807, 2.05) is 45.9 Å². The minimum absolute atomic E-state index is 0.0608. The Morgan fingerprint density at radius 1 is 1.31 bits per heavy atom. The second-order valence-electron chi connectivity index (χ2n) is 4.36. The number of hydrogen-bond acceptors (Lipinski definition) is 2. The summed E-state index contributed by atoms with van der Waals surface area (Å²) < 4.78 is 5.64.